The lowest BCUT2D eigenvalue weighted by Crippen LogP contribution is -2.43. The van der Waals surface area contributed by atoms with Crippen LogP contribution in [0.1, 0.15) is 31.7 Å². The highest BCUT2D eigenvalue weighted by Crippen LogP contribution is 2.22. The molecule has 0 unspecified atom stereocenters. The molecule has 1 aliphatic heterocycles. The van der Waals surface area contributed by atoms with E-state index in [-0.39, 0.29) is 17.9 Å². The average molecular weight is 378 g/mol. The zero-order valence-electron chi connectivity index (χ0n) is 16.2. The van der Waals surface area contributed by atoms with Crippen LogP contribution in [0.4, 0.5) is 5.82 Å². The number of piperidine rings is 1. The number of nitrogens with zero attached hydrogens (tertiary/aromatic N) is 5. The molecule has 1 N–H and O–H groups in total. The smallest absolute Gasteiger partial charge is 0.223 e. The van der Waals surface area contributed by atoms with Crippen molar-refractivity contribution in [3.8, 4) is 0 Å². The lowest BCUT2D eigenvalue weighted by Gasteiger charge is -2.32. The van der Waals surface area contributed by atoms with Gasteiger partial charge in [0.25, 0.3) is 0 Å². The van der Waals surface area contributed by atoms with Gasteiger partial charge in [0.15, 0.2) is 5.65 Å². The van der Waals surface area contributed by atoms with Crippen LogP contribution in [0, 0.1) is 5.92 Å². The third kappa shape index (κ3) is 4.30. The number of rotatable bonds is 6. The molecule has 146 valence electrons. The molecular formula is C21H26N6O. The first-order valence-electron chi connectivity index (χ1n) is 9.95. The minimum Gasteiger partial charge on any atom is -0.355 e. The number of carbonyl (C=O) groups excluding carboxylic acids is 1. The number of benzene rings is 1. The van der Waals surface area contributed by atoms with Gasteiger partial charge in [-0.2, -0.15) is 4.52 Å². The Morgan fingerprint density at radius 1 is 1.18 bits per heavy atom. The number of aromatic nitrogens is 4. The van der Waals surface area contributed by atoms with Crippen molar-refractivity contribution in [3.05, 3.63) is 54.4 Å². The Labute approximate surface area is 164 Å². The Bertz CT molecular complexity index is 917. The molecule has 1 aliphatic rings. The normalized spacial score (nSPS) is 16.2. The highest BCUT2D eigenvalue weighted by molar-refractivity contribution is 5.79. The van der Waals surface area contributed by atoms with E-state index in [0.29, 0.717) is 0 Å². The molecule has 1 saturated heterocycles. The summed E-state index contributed by atoms with van der Waals surface area (Å²) in [5, 5.41) is 15.6. The van der Waals surface area contributed by atoms with E-state index in [2.05, 4.69) is 56.7 Å². The number of fused-ring (bicyclic) bond motifs is 1. The van der Waals surface area contributed by atoms with Gasteiger partial charge in [0.2, 0.25) is 5.91 Å². The molecule has 3 aromatic rings. The number of hydrogen-bond donors (Lipinski definition) is 1. The van der Waals surface area contributed by atoms with E-state index in [4.69, 9.17) is 0 Å². The van der Waals surface area contributed by atoms with Gasteiger partial charge in [0, 0.05) is 25.0 Å². The van der Waals surface area contributed by atoms with Crippen molar-refractivity contribution in [3.63, 3.8) is 0 Å². The fourth-order valence-electron chi connectivity index (χ4n) is 3.72. The third-order valence-corrected chi connectivity index (χ3v) is 5.43. The standard InChI is InChI=1S/C21H26N6O/c1-16(7-8-17-5-3-2-4-6-17)23-21(28)18-11-13-26(14-12-18)20-10-9-19-24-22-15-27(19)25-20/h2-6,9-10,15-16,18H,7-8,11-14H2,1H3,(H,23,28)/t16-/m1/s1. The van der Waals surface area contributed by atoms with Crippen molar-refractivity contribution < 1.29 is 4.79 Å². The molecule has 0 saturated carbocycles. The zero-order valence-corrected chi connectivity index (χ0v) is 16.2. The van der Waals surface area contributed by atoms with Crippen LogP contribution in [0.25, 0.3) is 5.65 Å². The van der Waals surface area contributed by atoms with E-state index in [1.165, 1.54) is 5.56 Å². The predicted octanol–water partition coefficient (Wildman–Crippen LogP) is 2.48. The molecule has 1 fully saturated rings. The summed E-state index contributed by atoms with van der Waals surface area (Å²) < 4.78 is 1.68. The van der Waals surface area contributed by atoms with Gasteiger partial charge in [-0.25, -0.2) is 0 Å². The predicted molar refractivity (Wildman–Crippen MR) is 108 cm³/mol. The van der Waals surface area contributed by atoms with Gasteiger partial charge in [-0.1, -0.05) is 30.3 Å². The molecule has 0 spiro atoms. The highest BCUT2D eigenvalue weighted by Gasteiger charge is 2.26. The molecule has 4 rings (SSSR count). The molecule has 0 aliphatic carbocycles. The zero-order chi connectivity index (χ0) is 19.3. The maximum atomic E-state index is 12.6. The molecule has 1 aromatic carbocycles. The summed E-state index contributed by atoms with van der Waals surface area (Å²) in [4.78, 5) is 14.9. The summed E-state index contributed by atoms with van der Waals surface area (Å²) in [5.41, 5.74) is 2.05. The largest absolute Gasteiger partial charge is 0.355 e. The quantitative estimate of drug-likeness (QED) is 0.713. The van der Waals surface area contributed by atoms with Crippen LogP contribution >= 0.6 is 0 Å². The first-order chi connectivity index (χ1) is 13.7. The summed E-state index contributed by atoms with van der Waals surface area (Å²) in [7, 11) is 0. The van der Waals surface area contributed by atoms with E-state index < -0.39 is 0 Å². The van der Waals surface area contributed by atoms with Gasteiger partial charge in [-0.3, -0.25) is 4.79 Å². The van der Waals surface area contributed by atoms with Gasteiger partial charge < -0.3 is 10.2 Å². The van der Waals surface area contributed by atoms with Crippen molar-refractivity contribution in [2.45, 2.75) is 38.6 Å². The topological polar surface area (TPSA) is 75.4 Å². The van der Waals surface area contributed by atoms with Crippen LogP contribution in [0.5, 0.6) is 0 Å². The molecule has 0 bridgehead atoms. The summed E-state index contributed by atoms with van der Waals surface area (Å²) >= 11 is 0. The molecule has 7 nitrogen and oxygen atoms in total. The first kappa shape index (κ1) is 18.4. The van der Waals surface area contributed by atoms with Crippen LogP contribution in [0.15, 0.2) is 48.8 Å². The second kappa shape index (κ2) is 8.37. The van der Waals surface area contributed by atoms with Crippen molar-refractivity contribution in [1.29, 1.82) is 0 Å². The molecule has 3 heterocycles. The van der Waals surface area contributed by atoms with E-state index in [9.17, 15) is 4.79 Å². The number of anilines is 1. The maximum absolute atomic E-state index is 12.6. The minimum absolute atomic E-state index is 0.0778. The first-order valence-corrected chi connectivity index (χ1v) is 9.95. The number of nitrogens with one attached hydrogen (secondary N) is 1. The minimum atomic E-state index is 0.0778. The Kier molecular flexibility index (Phi) is 5.50. The Morgan fingerprint density at radius 2 is 1.96 bits per heavy atom. The van der Waals surface area contributed by atoms with Crippen molar-refractivity contribution in [2.24, 2.45) is 5.92 Å². The van der Waals surface area contributed by atoms with E-state index >= 15 is 0 Å². The van der Waals surface area contributed by atoms with Crippen LogP contribution in [0.3, 0.4) is 0 Å². The van der Waals surface area contributed by atoms with Crippen molar-refractivity contribution >= 4 is 17.4 Å². The number of hydrogen-bond acceptors (Lipinski definition) is 5. The maximum Gasteiger partial charge on any atom is 0.223 e. The van der Waals surface area contributed by atoms with Crippen molar-refractivity contribution in [2.75, 3.05) is 18.0 Å². The lowest BCUT2D eigenvalue weighted by atomic mass is 9.95. The summed E-state index contributed by atoms with van der Waals surface area (Å²) in [6.45, 7) is 3.75. The molecule has 1 atom stereocenters. The molecule has 0 radical (unpaired) electrons. The number of amides is 1. The van der Waals surface area contributed by atoms with Crippen LogP contribution in [0.2, 0.25) is 0 Å². The Balaban J connectivity index is 1.25. The lowest BCUT2D eigenvalue weighted by molar-refractivity contribution is -0.126. The Hall–Kier alpha value is -2.96. The fraction of sp³-hybridized carbons (Fsp3) is 0.429. The van der Waals surface area contributed by atoms with E-state index in [1.807, 2.05) is 18.2 Å². The molecule has 28 heavy (non-hydrogen) atoms. The summed E-state index contributed by atoms with van der Waals surface area (Å²) in [5.74, 6) is 1.17. The SMILES string of the molecule is C[C@H](CCc1ccccc1)NC(=O)C1CCN(c2ccc3nncn3n2)CC1. The second-order valence-corrected chi connectivity index (χ2v) is 7.52. The molecular weight excluding hydrogens is 352 g/mol. The molecule has 7 heteroatoms. The van der Waals surface area contributed by atoms with Gasteiger partial charge in [0.05, 0.1) is 0 Å². The van der Waals surface area contributed by atoms with Crippen LogP contribution in [-0.2, 0) is 11.2 Å². The van der Waals surface area contributed by atoms with Gasteiger partial charge >= 0.3 is 0 Å². The van der Waals surface area contributed by atoms with Crippen LogP contribution in [-0.4, -0.2) is 44.8 Å². The van der Waals surface area contributed by atoms with Gasteiger partial charge in [-0.15, -0.1) is 15.3 Å². The molecule has 2 aromatic heterocycles. The number of aryl methyl sites for hydroxylation is 1. The van der Waals surface area contributed by atoms with Gasteiger partial charge in [0.1, 0.15) is 12.1 Å². The number of carbonyl (C=O) groups is 1. The van der Waals surface area contributed by atoms with Crippen LogP contribution < -0.4 is 10.2 Å². The molecule has 1 amide bonds. The average Bonchev–Trinajstić information content (AvgIpc) is 3.21. The van der Waals surface area contributed by atoms with E-state index in [0.717, 1.165) is 50.2 Å². The Morgan fingerprint density at radius 3 is 2.75 bits per heavy atom. The van der Waals surface area contributed by atoms with Crippen molar-refractivity contribution in [1.82, 2.24) is 25.1 Å². The third-order valence-electron chi connectivity index (χ3n) is 5.43. The summed E-state index contributed by atoms with van der Waals surface area (Å²) in [6, 6.07) is 14.5. The van der Waals surface area contributed by atoms with E-state index in [1.54, 1.807) is 10.8 Å². The summed E-state index contributed by atoms with van der Waals surface area (Å²) in [6.07, 6.45) is 5.24. The van der Waals surface area contributed by atoms with Gasteiger partial charge in [-0.05, 0) is 50.3 Å². The monoisotopic (exact) mass is 378 g/mol. The fourth-order valence-corrected chi connectivity index (χ4v) is 3.72. The second-order valence-electron chi connectivity index (χ2n) is 7.52. The highest BCUT2D eigenvalue weighted by atomic mass is 16.1.